The molecule has 1 aromatic heterocycles. The van der Waals surface area contributed by atoms with Gasteiger partial charge in [0.25, 0.3) is 0 Å². The van der Waals surface area contributed by atoms with Crippen molar-refractivity contribution in [1.29, 1.82) is 5.41 Å². The molecular formula is C35H40N8O3. The number of likely N-dealkylation sites (tertiary alicyclic amines) is 1. The molecule has 0 saturated carbocycles. The summed E-state index contributed by atoms with van der Waals surface area (Å²) in [6.07, 6.45) is 8.75. The van der Waals surface area contributed by atoms with E-state index in [1.807, 2.05) is 47.2 Å². The number of carbonyl (C=O) groups is 2. The molecule has 4 aliphatic heterocycles. The Bertz CT molecular complexity index is 1740. The van der Waals surface area contributed by atoms with Crippen molar-refractivity contribution in [3.8, 4) is 11.4 Å². The summed E-state index contributed by atoms with van der Waals surface area (Å²) in [5, 5.41) is 13.1. The molecular weight excluding hydrogens is 580 g/mol. The molecule has 2 saturated heterocycles. The van der Waals surface area contributed by atoms with Crippen molar-refractivity contribution in [2.75, 3.05) is 63.1 Å². The van der Waals surface area contributed by atoms with Crippen LogP contribution in [-0.2, 0) is 21.4 Å². The number of hydrogen-bond acceptors (Lipinski definition) is 8. The number of nitrogens with two attached hydrogens (primary N) is 1. The van der Waals surface area contributed by atoms with Gasteiger partial charge in [-0.05, 0) is 67.1 Å². The maximum Gasteiger partial charge on any atom is 0.237 e. The van der Waals surface area contributed by atoms with Crippen LogP contribution in [0.25, 0.3) is 17.0 Å². The maximum absolute atomic E-state index is 13.9. The zero-order chi connectivity index (χ0) is 31.8. The van der Waals surface area contributed by atoms with Crippen LogP contribution in [0.1, 0.15) is 36.8 Å². The Morgan fingerprint density at radius 1 is 1.04 bits per heavy atom. The van der Waals surface area contributed by atoms with Crippen LogP contribution in [0.15, 0.2) is 66.5 Å². The zero-order valence-electron chi connectivity index (χ0n) is 26.2. The fourth-order valence-corrected chi connectivity index (χ4v) is 7.15. The van der Waals surface area contributed by atoms with E-state index in [4.69, 9.17) is 15.9 Å². The topological polar surface area (TPSA) is 134 Å². The molecule has 0 unspecified atom stereocenters. The van der Waals surface area contributed by atoms with Crippen LogP contribution in [0.4, 0.5) is 11.4 Å². The number of aromatic nitrogens is 3. The highest BCUT2D eigenvalue weighted by atomic mass is 16.5. The highest BCUT2D eigenvalue weighted by Gasteiger charge is 2.51. The van der Waals surface area contributed by atoms with Crippen LogP contribution >= 0.6 is 0 Å². The van der Waals surface area contributed by atoms with Gasteiger partial charge in [-0.15, -0.1) is 0 Å². The molecule has 5 heterocycles. The second-order valence-electron chi connectivity index (χ2n) is 12.8. The summed E-state index contributed by atoms with van der Waals surface area (Å²) in [5.74, 6) is 0.916. The molecule has 238 valence electrons. The number of aryl methyl sites for hydroxylation is 1. The van der Waals surface area contributed by atoms with Crippen LogP contribution in [0.2, 0.25) is 0 Å². The zero-order valence-corrected chi connectivity index (χ0v) is 26.2. The lowest BCUT2D eigenvalue weighted by Gasteiger charge is -2.29. The van der Waals surface area contributed by atoms with Gasteiger partial charge in [0.2, 0.25) is 11.8 Å². The first-order chi connectivity index (χ1) is 22.3. The minimum absolute atomic E-state index is 0.102. The first-order valence-corrected chi connectivity index (χ1v) is 16.0. The van der Waals surface area contributed by atoms with E-state index >= 15 is 0 Å². The first kappa shape index (κ1) is 30.1. The first-order valence-electron chi connectivity index (χ1n) is 16.0. The van der Waals surface area contributed by atoms with Gasteiger partial charge < -0.3 is 20.3 Å². The Hall–Kier alpha value is -4.61. The summed E-state index contributed by atoms with van der Waals surface area (Å²) in [4.78, 5) is 37.4. The van der Waals surface area contributed by atoms with E-state index in [1.54, 1.807) is 17.1 Å². The predicted octanol–water partition coefficient (Wildman–Crippen LogP) is 3.52. The van der Waals surface area contributed by atoms with E-state index in [0.717, 1.165) is 48.2 Å². The average Bonchev–Trinajstić information content (AvgIpc) is 3.80. The smallest absolute Gasteiger partial charge is 0.237 e. The summed E-state index contributed by atoms with van der Waals surface area (Å²) in [7, 11) is 1.86. The summed E-state index contributed by atoms with van der Waals surface area (Å²) in [5.41, 5.74) is 12.4. The van der Waals surface area contributed by atoms with Gasteiger partial charge >= 0.3 is 0 Å². The van der Waals surface area contributed by atoms with Gasteiger partial charge in [-0.2, -0.15) is 5.10 Å². The molecule has 1 atom stereocenters. The number of nitrogens with one attached hydrogen (secondary N) is 1. The third kappa shape index (κ3) is 5.76. The standard InChI is InChI=1S/C35H40N8O3/c1-40-23-38-33(39-40)27-4-2-24(3-5-27)25-8-14-42(15-9-25)31(44)21-41-16-12-35(22-41)13-17-43(34(35)45)28-6-7-30(36)29(20-28)32(37)26-10-18-46-19-11-26/h2-8,10,20,23,37H,9,11-19,21-22,36H2,1H3/t35-/m0/s1. The van der Waals surface area contributed by atoms with Crippen molar-refractivity contribution < 1.29 is 14.3 Å². The van der Waals surface area contributed by atoms with Crippen molar-refractivity contribution in [3.05, 3.63) is 77.6 Å². The van der Waals surface area contributed by atoms with Gasteiger partial charge in [0, 0.05) is 55.7 Å². The maximum atomic E-state index is 13.9. The minimum Gasteiger partial charge on any atom is -0.398 e. The van der Waals surface area contributed by atoms with E-state index in [2.05, 4.69) is 33.2 Å². The van der Waals surface area contributed by atoms with E-state index < -0.39 is 5.41 Å². The van der Waals surface area contributed by atoms with Crippen LogP contribution in [0.5, 0.6) is 0 Å². The average molecular weight is 621 g/mol. The Kier molecular flexibility index (Phi) is 8.04. The summed E-state index contributed by atoms with van der Waals surface area (Å²) >= 11 is 0. The molecule has 2 amide bonds. The van der Waals surface area contributed by atoms with Crippen molar-refractivity contribution >= 4 is 34.5 Å². The lowest BCUT2D eigenvalue weighted by molar-refractivity contribution is -0.132. The highest BCUT2D eigenvalue weighted by Crippen LogP contribution is 2.43. The second kappa shape index (κ2) is 12.3. The molecule has 3 N–H and O–H groups in total. The Labute approximate surface area is 268 Å². The van der Waals surface area contributed by atoms with Gasteiger partial charge in [0.15, 0.2) is 5.82 Å². The second-order valence-corrected chi connectivity index (χ2v) is 12.8. The van der Waals surface area contributed by atoms with Gasteiger partial charge in [-0.25, -0.2) is 4.98 Å². The SMILES string of the molecule is Cn1cnc(-c2ccc(C3=CCN(C(=O)CN4CC[C@]5(CCN(c6ccc(N)c(C(=N)C7=CCOCC7)c6)C5=O)C4)CC3)cc2)n1. The van der Waals surface area contributed by atoms with Crippen molar-refractivity contribution in [3.63, 3.8) is 0 Å². The number of amides is 2. The normalized spacial score (nSPS) is 22.0. The lowest BCUT2D eigenvalue weighted by atomic mass is 9.85. The predicted molar refractivity (Wildman–Crippen MR) is 177 cm³/mol. The number of hydrogen-bond donors (Lipinski definition) is 2. The molecule has 46 heavy (non-hydrogen) atoms. The number of nitrogens with zero attached hydrogens (tertiary/aromatic N) is 6. The number of ether oxygens (including phenoxy) is 1. The molecule has 11 nitrogen and oxygen atoms in total. The molecule has 2 aromatic carbocycles. The highest BCUT2D eigenvalue weighted by molar-refractivity contribution is 6.14. The Morgan fingerprint density at radius 3 is 2.57 bits per heavy atom. The molecule has 0 radical (unpaired) electrons. The summed E-state index contributed by atoms with van der Waals surface area (Å²) < 4.78 is 7.09. The molecule has 3 aromatic rings. The van der Waals surface area contributed by atoms with Crippen molar-refractivity contribution in [1.82, 2.24) is 24.6 Å². The van der Waals surface area contributed by atoms with Gasteiger partial charge in [0.1, 0.15) is 6.33 Å². The molecule has 0 bridgehead atoms. The van der Waals surface area contributed by atoms with E-state index in [-0.39, 0.29) is 11.8 Å². The number of anilines is 2. The molecule has 7 rings (SSSR count). The molecule has 2 fully saturated rings. The third-order valence-electron chi connectivity index (χ3n) is 9.88. The van der Waals surface area contributed by atoms with E-state index in [9.17, 15) is 9.59 Å². The summed E-state index contributed by atoms with van der Waals surface area (Å²) in [6.45, 7) is 4.62. The van der Waals surface area contributed by atoms with Crippen LogP contribution in [0, 0.1) is 10.8 Å². The van der Waals surface area contributed by atoms with Crippen LogP contribution in [0.3, 0.4) is 0 Å². The minimum atomic E-state index is -0.482. The third-order valence-corrected chi connectivity index (χ3v) is 9.88. The number of nitrogen functional groups attached to an aromatic ring is 1. The van der Waals surface area contributed by atoms with Gasteiger partial charge in [0.05, 0.1) is 30.9 Å². The fourth-order valence-electron chi connectivity index (χ4n) is 7.15. The van der Waals surface area contributed by atoms with Gasteiger partial charge in [-0.1, -0.05) is 36.4 Å². The van der Waals surface area contributed by atoms with E-state index in [1.165, 1.54) is 5.57 Å². The molecule has 1 spiro atoms. The lowest BCUT2D eigenvalue weighted by Crippen LogP contribution is -2.43. The number of carbonyl (C=O) groups excluding carboxylic acids is 2. The van der Waals surface area contributed by atoms with Gasteiger partial charge in [-0.3, -0.25) is 24.6 Å². The Balaban J connectivity index is 0.951. The summed E-state index contributed by atoms with van der Waals surface area (Å²) in [6, 6.07) is 13.8. The number of benzene rings is 2. The fraction of sp³-hybridized carbons (Fsp3) is 0.400. The van der Waals surface area contributed by atoms with Crippen molar-refractivity contribution in [2.45, 2.75) is 25.7 Å². The molecule has 4 aliphatic rings. The van der Waals surface area contributed by atoms with Crippen LogP contribution < -0.4 is 10.6 Å². The van der Waals surface area contributed by atoms with E-state index in [0.29, 0.717) is 75.1 Å². The number of rotatable bonds is 7. The largest absolute Gasteiger partial charge is 0.398 e. The molecule has 0 aliphatic carbocycles. The monoisotopic (exact) mass is 620 g/mol. The van der Waals surface area contributed by atoms with Crippen molar-refractivity contribution in [2.24, 2.45) is 12.5 Å². The Morgan fingerprint density at radius 2 is 1.85 bits per heavy atom. The quantitative estimate of drug-likeness (QED) is 0.305. The van der Waals surface area contributed by atoms with Crippen LogP contribution in [-0.4, -0.2) is 94.6 Å². The molecule has 11 heteroatoms.